The van der Waals surface area contributed by atoms with Gasteiger partial charge in [-0.3, -0.25) is 9.59 Å². The Morgan fingerprint density at radius 1 is 1.37 bits per heavy atom. The van der Waals surface area contributed by atoms with Gasteiger partial charge in [0.15, 0.2) is 0 Å². The first-order valence-corrected chi connectivity index (χ1v) is 11.2. The lowest BCUT2D eigenvalue weighted by atomic mass is 9.97. The topological polar surface area (TPSA) is 76.5 Å². The number of nitrogens with zero attached hydrogens (tertiary/aromatic N) is 3. The molecule has 0 radical (unpaired) electrons. The fourth-order valence-electron chi connectivity index (χ4n) is 3.86. The van der Waals surface area contributed by atoms with E-state index in [2.05, 4.69) is 10.2 Å². The highest BCUT2D eigenvalue weighted by Gasteiger charge is 2.29. The number of aromatic nitrogens is 2. The molecule has 7 nitrogen and oxygen atoms in total. The van der Waals surface area contributed by atoms with Crippen LogP contribution in [-0.2, 0) is 4.79 Å². The normalized spacial score (nSPS) is 16.6. The van der Waals surface area contributed by atoms with E-state index < -0.39 is 0 Å². The van der Waals surface area contributed by atoms with Gasteiger partial charge in [0.1, 0.15) is 10.4 Å². The number of carbonyl (C=O) groups is 1. The van der Waals surface area contributed by atoms with E-state index in [1.54, 1.807) is 11.7 Å². The number of hydrogen-bond donors (Lipinski definition) is 1. The molecule has 1 amide bonds. The van der Waals surface area contributed by atoms with Crippen molar-refractivity contribution in [3.63, 3.8) is 0 Å². The maximum atomic E-state index is 13.4. The summed E-state index contributed by atoms with van der Waals surface area (Å²) < 4.78 is 7.63. The minimum absolute atomic E-state index is 0.0773. The molecule has 2 aromatic heterocycles. The zero-order valence-electron chi connectivity index (χ0n) is 17.3. The molecule has 1 aliphatic heterocycles. The fourth-order valence-corrected chi connectivity index (χ4v) is 4.62. The van der Waals surface area contributed by atoms with Gasteiger partial charge in [-0.15, -0.1) is 11.3 Å². The number of rotatable bonds is 6. The summed E-state index contributed by atoms with van der Waals surface area (Å²) in [6.45, 7) is 4.02. The average Bonchev–Trinajstić information content (AvgIpc) is 3.26. The third kappa shape index (κ3) is 3.92. The second kappa shape index (κ2) is 8.87. The van der Waals surface area contributed by atoms with Gasteiger partial charge in [0.25, 0.3) is 5.56 Å². The van der Waals surface area contributed by atoms with Crippen molar-refractivity contribution in [1.82, 2.24) is 14.9 Å². The summed E-state index contributed by atoms with van der Waals surface area (Å²) in [6, 6.07) is 9.29. The van der Waals surface area contributed by atoms with Gasteiger partial charge in [0.05, 0.1) is 24.2 Å². The van der Waals surface area contributed by atoms with Gasteiger partial charge in [-0.1, -0.05) is 13.0 Å². The van der Waals surface area contributed by atoms with Crippen LogP contribution >= 0.6 is 11.3 Å². The summed E-state index contributed by atoms with van der Waals surface area (Å²) >= 11 is 1.39. The maximum Gasteiger partial charge on any atom is 0.277 e. The van der Waals surface area contributed by atoms with E-state index in [0.29, 0.717) is 40.7 Å². The first-order chi connectivity index (χ1) is 14.6. The molecule has 0 spiro atoms. The van der Waals surface area contributed by atoms with Crippen molar-refractivity contribution < 1.29 is 9.53 Å². The Morgan fingerprint density at radius 2 is 2.23 bits per heavy atom. The molecule has 158 valence electrons. The minimum Gasteiger partial charge on any atom is -0.497 e. The Bertz CT molecular complexity index is 1110. The number of piperidine rings is 1. The van der Waals surface area contributed by atoms with Gasteiger partial charge in [-0.2, -0.15) is 0 Å². The van der Waals surface area contributed by atoms with Crippen LogP contribution in [-0.4, -0.2) is 42.2 Å². The summed E-state index contributed by atoms with van der Waals surface area (Å²) in [5.41, 5.74) is 1.29. The summed E-state index contributed by atoms with van der Waals surface area (Å²) in [5, 5.41) is 4.89. The second-order valence-electron chi connectivity index (χ2n) is 7.47. The van der Waals surface area contributed by atoms with E-state index in [0.717, 1.165) is 25.8 Å². The summed E-state index contributed by atoms with van der Waals surface area (Å²) in [6.07, 6.45) is 2.63. The van der Waals surface area contributed by atoms with Gasteiger partial charge in [-0.25, -0.2) is 9.55 Å². The van der Waals surface area contributed by atoms with Gasteiger partial charge < -0.3 is 15.0 Å². The quantitative estimate of drug-likeness (QED) is 0.655. The Balaban J connectivity index is 1.78. The van der Waals surface area contributed by atoms with Crippen LogP contribution in [0.4, 0.5) is 5.95 Å². The molecule has 0 unspecified atom stereocenters. The lowest BCUT2D eigenvalue weighted by molar-refractivity contribution is -0.125. The highest BCUT2D eigenvalue weighted by Crippen LogP contribution is 2.27. The molecule has 1 saturated heterocycles. The van der Waals surface area contributed by atoms with E-state index in [1.807, 2.05) is 42.6 Å². The van der Waals surface area contributed by atoms with Gasteiger partial charge in [0.2, 0.25) is 11.9 Å². The molecule has 4 rings (SSSR count). The van der Waals surface area contributed by atoms with Crippen LogP contribution in [0.1, 0.15) is 26.2 Å². The molecular formula is C22H26N4O3S. The number of anilines is 1. The molecule has 0 saturated carbocycles. The van der Waals surface area contributed by atoms with Crippen LogP contribution in [0.3, 0.4) is 0 Å². The minimum atomic E-state index is -0.112. The van der Waals surface area contributed by atoms with Crippen molar-refractivity contribution in [2.24, 2.45) is 5.92 Å². The van der Waals surface area contributed by atoms with Crippen molar-refractivity contribution in [1.29, 1.82) is 0 Å². The Labute approximate surface area is 179 Å². The van der Waals surface area contributed by atoms with Gasteiger partial charge >= 0.3 is 0 Å². The van der Waals surface area contributed by atoms with Crippen LogP contribution in [0.2, 0.25) is 0 Å². The monoisotopic (exact) mass is 426 g/mol. The number of hydrogen-bond acceptors (Lipinski definition) is 6. The number of thiophene rings is 1. The molecule has 0 aliphatic carbocycles. The highest BCUT2D eigenvalue weighted by molar-refractivity contribution is 7.17. The lowest BCUT2D eigenvalue weighted by Gasteiger charge is -2.34. The Morgan fingerprint density at radius 3 is 3.03 bits per heavy atom. The van der Waals surface area contributed by atoms with Crippen molar-refractivity contribution in [3.8, 4) is 11.4 Å². The highest BCUT2D eigenvalue weighted by atomic mass is 32.1. The standard InChI is InChI=1S/C22H26N4O3S/c1-3-10-23-20(27)15-6-5-11-25(14-15)22-24-18-9-12-30-19(18)21(28)26(22)16-7-4-8-17(13-16)29-2/h4,7-9,12-13,15H,3,5-6,10-11,14H2,1-2H3,(H,23,27)/t15-/m0/s1. The molecule has 1 atom stereocenters. The molecule has 30 heavy (non-hydrogen) atoms. The SMILES string of the molecule is CCCNC(=O)[C@H]1CCCN(c2nc3ccsc3c(=O)n2-c2cccc(OC)c2)C1. The first kappa shape index (κ1) is 20.4. The van der Waals surface area contributed by atoms with Gasteiger partial charge in [-0.05, 0) is 42.8 Å². The lowest BCUT2D eigenvalue weighted by Crippen LogP contribution is -2.45. The number of ether oxygens (including phenoxy) is 1. The molecule has 1 aromatic carbocycles. The van der Waals surface area contributed by atoms with E-state index in [-0.39, 0.29) is 17.4 Å². The number of amides is 1. The molecule has 3 heterocycles. The molecule has 8 heteroatoms. The van der Waals surface area contributed by atoms with Crippen LogP contribution < -0.4 is 20.5 Å². The number of fused-ring (bicyclic) bond motifs is 1. The second-order valence-corrected chi connectivity index (χ2v) is 8.38. The predicted octanol–water partition coefficient (Wildman–Crippen LogP) is 3.20. The van der Waals surface area contributed by atoms with Crippen LogP contribution in [0.5, 0.6) is 5.75 Å². The molecule has 3 aromatic rings. The molecular weight excluding hydrogens is 400 g/mol. The van der Waals surface area contributed by atoms with E-state index >= 15 is 0 Å². The smallest absolute Gasteiger partial charge is 0.277 e. The largest absolute Gasteiger partial charge is 0.497 e. The van der Waals surface area contributed by atoms with Crippen molar-refractivity contribution in [3.05, 3.63) is 46.1 Å². The third-order valence-corrected chi connectivity index (χ3v) is 6.29. The van der Waals surface area contributed by atoms with E-state index in [9.17, 15) is 9.59 Å². The fraction of sp³-hybridized carbons (Fsp3) is 0.409. The first-order valence-electron chi connectivity index (χ1n) is 10.3. The molecule has 1 aliphatic rings. The Kier molecular flexibility index (Phi) is 6.03. The predicted molar refractivity (Wildman–Crippen MR) is 120 cm³/mol. The van der Waals surface area contributed by atoms with Crippen molar-refractivity contribution in [2.45, 2.75) is 26.2 Å². The number of methoxy groups -OCH3 is 1. The van der Waals surface area contributed by atoms with Gasteiger partial charge in [0, 0.05) is 25.7 Å². The zero-order chi connectivity index (χ0) is 21.1. The van der Waals surface area contributed by atoms with Crippen molar-refractivity contribution >= 4 is 33.4 Å². The van der Waals surface area contributed by atoms with E-state index in [1.165, 1.54) is 11.3 Å². The Hall–Kier alpha value is -2.87. The van der Waals surface area contributed by atoms with Crippen LogP contribution in [0, 0.1) is 5.92 Å². The number of carbonyl (C=O) groups excluding carboxylic acids is 1. The summed E-state index contributed by atoms with van der Waals surface area (Å²) in [7, 11) is 1.60. The average molecular weight is 427 g/mol. The summed E-state index contributed by atoms with van der Waals surface area (Å²) in [4.78, 5) is 32.9. The zero-order valence-corrected chi connectivity index (χ0v) is 18.1. The maximum absolute atomic E-state index is 13.4. The number of nitrogens with one attached hydrogen (secondary N) is 1. The molecule has 1 N–H and O–H groups in total. The van der Waals surface area contributed by atoms with E-state index in [4.69, 9.17) is 9.72 Å². The molecule has 1 fully saturated rings. The summed E-state index contributed by atoms with van der Waals surface area (Å²) in [5.74, 6) is 1.21. The molecule has 0 bridgehead atoms. The number of benzene rings is 1. The van der Waals surface area contributed by atoms with Crippen molar-refractivity contribution in [2.75, 3.05) is 31.6 Å². The van der Waals surface area contributed by atoms with Crippen LogP contribution in [0.25, 0.3) is 15.9 Å². The van der Waals surface area contributed by atoms with Crippen LogP contribution in [0.15, 0.2) is 40.5 Å². The third-order valence-electron chi connectivity index (χ3n) is 5.40.